The molecule has 140 valence electrons. The Hall–Kier alpha value is -3.00. The van der Waals surface area contributed by atoms with Crippen molar-refractivity contribution in [2.45, 2.75) is 11.5 Å². The van der Waals surface area contributed by atoms with Crippen LogP contribution in [0.15, 0.2) is 58.2 Å². The van der Waals surface area contributed by atoms with Crippen molar-refractivity contribution in [2.75, 3.05) is 20.0 Å². The van der Waals surface area contributed by atoms with E-state index in [2.05, 4.69) is 10.1 Å². The van der Waals surface area contributed by atoms with Gasteiger partial charge in [-0.1, -0.05) is 5.16 Å². The molecule has 0 saturated heterocycles. The van der Waals surface area contributed by atoms with Crippen LogP contribution in [0.4, 0.5) is 0 Å². The molecule has 0 atom stereocenters. The topological polar surface area (TPSA) is 83.7 Å². The number of thioether (sulfide) groups is 1. The first-order chi connectivity index (χ1) is 13.2. The highest BCUT2D eigenvalue weighted by molar-refractivity contribution is 8.00. The first kappa shape index (κ1) is 18.8. The van der Waals surface area contributed by atoms with Crippen LogP contribution in [0.5, 0.6) is 11.5 Å². The Labute approximate surface area is 160 Å². The minimum Gasteiger partial charge on any atom is -0.493 e. The molecule has 0 aliphatic carbocycles. The van der Waals surface area contributed by atoms with Gasteiger partial charge in [0.05, 0.1) is 20.0 Å². The van der Waals surface area contributed by atoms with Crippen molar-refractivity contribution < 1.29 is 23.5 Å². The number of methoxy groups -OCH3 is 2. The largest absolute Gasteiger partial charge is 0.493 e. The molecule has 3 aromatic rings. The molecule has 0 saturated carbocycles. The van der Waals surface area contributed by atoms with E-state index in [1.807, 2.05) is 18.2 Å². The van der Waals surface area contributed by atoms with E-state index in [0.29, 0.717) is 23.0 Å². The number of pyridine rings is 1. The first-order valence-electron chi connectivity index (χ1n) is 8.06. The van der Waals surface area contributed by atoms with E-state index in [0.717, 1.165) is 10.5 Å². The number of hydrogen-bond donors (Lipinski definition) is 0. The van der Waals surface area contributed by atoms with Crippen molar-refractivity contribution in [1.82, 2.24) is 10.1 Å². The fourth-order valence-corrected chi connectivity index (χ4v) is 2.96. The lowest BCUT2D eigenvalue weighted by molar-refractivity contribution is -0.141. The molecule has 7 nitrogen and oxygen atoms in total. The van der Waals surface area contributed by atoms with E-state index in [4.69, 9.17) is 18.7 Å². The molecular weight excluding hydrogens is 368 g/mol. The second kappa shape index (κ2) is 9.09. The number of rotatable bonds is 8. The predicted octanol–water partition coefficient (Wildman–Crippen LogP) is 3.59. The number of carbonyl (C=O) groups is 1. The maximum absolute atomic E-state index is 11.9. The van der Waals surface area contributed by atoms with Crippen molar-refractivity contribution in [3.63, 3.8) is 0 Å². The van der Waals surface area contributed by atoms with Crippen LogP contribution in [0.3, 0.4) is 0 Å². The Kier molecular flexibility index (Phi) is 6.32. The first-order valence-corrected chi connectivity index (χ1v) is 9.04. The Morgan fingerprint density at radius 2 is 1.85 bits per heavy atom. The van der Waals surface area contributed by atoms with Gasteiger partial charge < -0.3 is 18.7 Å². The van der Waals surface area contributed by atoms with Crippen molar-refractivity contribution in [2.24, 2.45) is 0 Å². The quantitative estimate of drug-likeness (QED) is 0.429. The minimum atomic E-state index is -0.326. The molecule has 0 bridgehead atoms. The molecule has 2 aromatic heterocycles. The van der Waals surface area contributed by atoms with Gasteiger partial charge in [-0.3, -0.25) is 9.78 Å². The highest BCUT2D eigenvalue weighted by Gasteiger charge is 2.12. The summed E-state index contributed by atoms with van der Waals surface area (Å²) >= 11 is 1.39. The van der Waals surface area contributed by atoms with Crippen molar-refractivity contribution in [3.8, 4) is 22.8 Å². The summed E-state index contributed by atoms with van der Waals surface area (Å²) in [7, 11) is 3.14. The molecule has 0 radical (unpaired) electrons. The maximum Gasteiger partial charge on any atom is 0.316 e. The molecule has 8 heteroatoms. The van der Waals surface area contributed by atoms with Crippen molar-refractivity contribution in [3.05, 3.63) is 54.5 Å². The highest BCUT2D eigenvalue weighted by atomic mass is 32.2. The van der Waals surface area contributed by atoms with Crippen LogP contribution in [0.1, 0.15) is 5.69 Å². The van der Waals surface area contributed by atoms with Gasteiger partial charge in [0.1, 0.15) is 12.3 Å². The smallest absolute Gasteiger partial charge is 0.316 e. The van der Waals surface area contributed by atoms with E-state index < -0.39 is 0 Å². The third-order valence-electron chi connectivity index (χ3n) is 3.61. The summed E-state index contributed by atoms with van der Waals surface area (Å²) in [5.41, 5.74) is 1.31. The number of hydrogen-bond acceptors (Lipinski definition) is 8. The van der Waals surface area contributed by atoms with Crippen LogP contribution >= 0.6 is 11.8 Å². The monoisotopic (exact) mass is 386 g/mol. The van der Waals surface area contributed by atoms with E-state index in [1.165, 1.54) is 11.8 Å². The number of aromatic nitrogens is 2. The predicted molar refractivity (Wildman–Crippen MR) is 99.8 cm³/mol. The van der Waals surface area contributed by atoms with Gasteiger partial charge in [-0.25, -0.2) is 0 Å². The van der Waals surface area contributed by atoms with E-state index in [9.17, 15) is 4.79 Å². The van der Waals surface area contributed by atoms with E-state index in [-0.39, 0.29) is 18.3 Å². The lowest BCUT2D eigenvalue weighted by Gasteiger charge is -2.07. The highest BCUT2D eigenvalue weighted by Crippen LogP contribution is 2.32. The fraction of sp³-hybridized carbons (Fsp3) is 0.211. The SMILES string of the molecule is COc1ccc(-c2cc(COC(=O)CSc3ccncc3)no2)cc1OC. The summed E-state index contributed by atoms with van der Waals surface area (Å²) in [5, 5.41) is 3.94. The van der Waals surface area contributed by atoms with Gasteiger partial charge in [0.2, 0.25) is 0 Å². The van der Waals surface area contributed by atoms with Gasteiger partial charge in [0, 0.05) is 28.9 Å². The molecule has 0 aliphatic rings. The number of ether oxygens (including phenoxy) is 3. The lowest BCUT2D eigenvalue weighted by atomic mass is 10.1. The van der Waals surface area contributed by atoms with Crippen LogP contribution in [0.25, 0.3) is 11.3 Å². The van der Waals surface area contributed by atoms with Gasteiger partial charge in [-0.05, 0) is 30.3 Å². The fourth-order valence-electron chi connectivity index (χ4n) is 2.28. The molecule has 1 aromatic carbocycles. The van der Waals surface area contributed by atoms with Crippen LogP contribution in [-0.4, -0.2) is 36.1 Å². The molecule has 27 heavy (non-hydrogen) atoms. The molecule has 0 N–H and O–H groups in total. The minimum absolute atomic E-state index is 0.0481. The Bertz CT molecular complexity index is 898. The number of esters is 1. The Morgan fingerprint density at radius 3 is 2.59 bits per heavy atom. The summed E-state index contributed by atoms with van der Waals surface area (Å²) in [4.78, 5) is 16.8. The van der Waals surface area contributed by atoms with Crippen LogP contribution < -0.4 is 9.47 Å². The summed E-state index contributed by atoms with van der Waals surface area (Å²) in [6.07, 6.45) is 3.36. The zero-order chi connectivity index (χ0) is 19.1. The average Bonchev–Trinajstić information content (AvgIpc) is 3.20. The molecular formula is C19H18N2O5S. The van der Waals surface area contributed by atoms with Gasteiger partial charge in [-0.2, -0.15) is 0 Å². The van der Waals surface area contributed by atoms with Crippen LogP contribution in [0, 0.1) is 0 Å². The standard InChI is InChI=1S/C19H18N2O5S/c1-23-16-4-3-13(9-18(16)24-2)17-10-14(21-26-17)11-25-19(22)12-27-15-5-7-20-8-6-15/h3-10H,11-12H2,1-2H3. The van der Waals surface area contributed by atoms with Gasteiger partial charge in [-0.15, -0.1) is 11.8 Å². The second-order valence-corrected chi connectivity index (χ2v) is 6.43. The zero-order valence-electron chi connectivity index (χ0n) is 14.9. The average molecular weight is 386 g/mol. The van der Waals surface area contributed by atoms with Gasteiger partial charge in [0.15, 0.2) is 17.3 Å². The molecule has 0 amide bonds. The third kappa shape index (κ3) is 5.01. The summed E-state index contributed by atoms with van der Waals surface area (Å²) in [6.45, 7) is 0.0481. The summed E-state index contributed by atoms with van der Waals surface area (Å²) in [5.74, 6) is 1.65. The molecule has 3 rings (SSSR count). The molecule has 2 heterocycles. The Morgan fingerprint density at radius 1 is 1.07 bits per heavy atom. The molecule has 0 fully saturated rings. The second-order valence-electron chi connectivity index (χ2n) is 5.38. The van der Waals surface area contributed by atoms with E-state index in [1.54, 1.807) is 44.8 Å². The summed E-state index contributed by atoms with van der Waals surface area (Å²) in [6, 6.07) is 10.8. The van der Waals surface area contributed by atoms with Gasteiger partial charge >= 0.3 is 5.97 Å². The van der Waals surface area contributed by atoms with Crippen molar-refractivity contribution in [1.29, 1.82) is 0 Å². The molecule has 0 unspecified atom stereocenters. The van der Waals surface area contributed by atoms with Gasteiger partial charge in [0.25, 0.3) is 0 Å². The number of carbonyl (C=O) groups excluding carboxylic acids is 1. The molecule has 0 spiro atoms. The number of nitrogens with zero attached hydrogens (tertiary/aromatic N) is 2. The van der Waals surface area contributed by atoms with Crippen LogP contribution in [-0.2, 0) is 16.1 Å². The summed E-state index contributed by atoms with van der Waals surface area (Å²) < 4.78 is 21.1. The van der Waals surface area contributed by atoms with E-state index >= 15 is 0 Å². The number of benzene rings is 1. The Balaban J connectivity index is 1.55. The van der Waals surface area contributed by atoms with Crippen LogP contribution in [0.2, 0.25) is 0 Å². The van der Waals surface area contributed by atoms with Crippen molar-refractivity contribution >= 4 is 17.7 Å². The lowest BCUT2D eigenvalue weighted by Crippen LogP contribution is -2.07. The molecule has 0 aliphatic heterocycles. The normalized spacial score (nSPS) is 10.4. The third-order valence-corrected chi connectivity index (χ3v) is 4.60. The maximum atomic E-state index is 11.9. The zero-order valence-corrected chi connectivity index (χ0v) is 15.7.